The zero-order valence-corrected chi connectivity index (χ0v) is 17.0. The highest BCUT2D eigenvalue weighted by atomic mass is 35.5. The van der Waals surface area contributed by atoms with Gasteiger partial charge in [-0.25, -0.2) is 4.98 Å². The molecular formula is C20H18Cl2N2O2S. The van der Waals surface area contributed by atoms with E-state index in [4.69, 9.17) is 27.6 Å². The number of nitrogens with zero attached hydrogens (tertiary/aromatic N) is 1. The highest BCUT2D eigenvalue weighted by Crippen LogP contribution is 2.26. The molecule has 0 saturated carbocycles. The molecule has 0 bridgehead atoms. The van der Waals surface area contributed by atoms with Gasteiger partial charge in [0.15, 0.2) is 0 Å². The van der Waals surface area contributed by atoms with Crippen molar-refractivity contribution in [3.05, 3.63) is 75.6 Å². The van der Waals surface area contributed by atoms with Gasteiger partial charge >= 0.3 is 0 Å². The monoisotopic (exact) mass is 420 g/mol. The zero-order chi connectivity index (χ0) is 19.2. The highest BCUT2D eigenvalue weighted by molar-refractivity contribution is 7.99. The first-order valence-electron chi connectivity index (χ1n) is 8.32. The van der Waals surface area contributed by atoms with Gasteiger partial charge < -0.3 is 9.73 Å². The van der Waals surface area contributed by atoms with Crippen LogP contribution in [0, 0.1) is 6.92 Å². The lowest BCUT2D eigenvalue weighted by Crippen LogP contribution is -2.24. The smallest absolute Gasteiger partial charge is 0.230 e. The first-order chi connectivity index (χ1) is 13.0. The number of nitrogens with one attached hydrogen (secondary N) is 1. The standard InChI is InChI=1S/C20H18Cl2N2O2S/c1-13-18(24-20(26-13)15-3-2-4-17(22)9-15)11-27-12-19(25)23-10-14-5-7-16(21)8-6-14/h2-9H,10-12H2,1H3,(H,23,25). The maximum Gasteiger partial charge on any atom is 0.230 e. The highest BCUT2D eigenvalue weighted by Gasteiger charge is 2.12. The third-order valence-corrected chi connectivity index (χ3v) is 5.27. The van der Waals surface area contributed by atoms with Crippen molar-refractivity contribution in [3.8, 4) is 11.5 Å². The van der Waals surface area contributed by atoms with Crippen LogP contribution in [-0.4, -0.2) is 16.6 Å². The molecule has 3 aromatic rings. The van der Waals surface area contributed by atoms with Crippen molar-refractivity contribution in [2.75, 3.05) is 5.75 Å². The second kappa shape index (κ2) is 9.31. The van der Waals surface area contributed by atoms with Gasteiger partial charge in [0.25, 0.3) is 0 Å². The van der Waals surface area contributed by atoms with E-state index in [2.05, 4.69) is 10.3 Å². The minimum atomic E-state index is -0.0221. The summed E-state index contributed by atoms with van der Waals surface area (Å²) in [6, 6.07) is 14.8. The van der Waals surface area contributed by atoms with Crippen molar-refractivity contribution in [3.63, 3.8) is 0 Å². The van der Waals surface area contributed by atoms with E-state index in [9.17, 15) is 4.79 Å². The summed E-state index contributed by atoms with van der Waals surface area (Å²) in [4.78, 5) is 16.5. The van der Waals surface area contributed by atoms with E-state index in [0.29, 0.717) is 34.0 Å². The Kier molecular flexibility index (Phi) is 6.83. The quantitative estimate of drug-likeness (QED) is 0.547. The van der Waals surface area contributed by atoms with E-state index in [-0.39, 0.29) is 5.91 Å². The molecule has 7 heteroatoms. The minimum Gasteiger partial charge on any atom is -0.441 e. The van der Waals surface area contributed by atoms with Crippen LogP contribution in [0.15, 0.2) is 52.9 Å². The fourth-order valence-corrected chi connectivity index (χ4v) is 3.57. The number of thioether (sulfide) groups is 1. The number of carbonyl (C=O) groups excluding carboxylic acids is 1. The number of carbonyl (C=O) groups is 1. The van der Waals surface area contributed by atoms with Crippen molar-refractivity contribution in [1.82, 2.24) is 10.3 Å². The fourth-order valence-electron chi connectivity index (χ4n) is 2.40. The molecule has 0 unspecified atom stereocenters. The van der Waals surface area contributed by atoms with Gasteiger partial charge in [0.2, 0.25) is 11.8 Å². The van der Waals surface area contributed by atoms with Gasteiger partial charge in [-0.2, -0.15) is 0 Å². The Labute approximate surface area is 172 Å². The molecule has 0 atom stereocenters. The van der Waals surface area contributed by atoms with E-state index >= 15 is 0 Å². The van der Waals surface area contributed by atoms with Crippen molar-refractivity contribution >= 4 is 40.9 Å². The number of halogens is 2. The normalized spacial score (nSPS) is 10.8. The zero-order valence-electron chi connectivity index (χ0n) is 14.7. The second-order valence-electron chi connectivity index (χ2n) is 5.93. The molecule has 27 heavy (non-hydrogen) atoms. The molecular weight excluding hydrogens is 403 g/mol. The van der Waals surface area contributed by atoms with Crippen LogP contribution >= 0.6 is 35.0 Å². The van der Waals surface area contributed by atoms with Crippen molar-refractivity contribution < 1.29 is 9.21 Å². The molecule has 3 rings (SSSR count). The molecule has 0 aliphatic heterocycles. The average molecular weight is 421 g/mol. The Hall–Kier alpha value is -1.95. The lowest BCUT2D eigenvalue weighted by Gasteiger charge is -2.05. The van der Waals surface area contributed by atoms with Crippen LogP contribution < -0.4 is 5.32 Å². The molecule has 0 radical (unpaired) electrons. The van der Waals surface area contributed by atoms with E-state index in [0.717, 1.165) is 22.6 Å². The van der Waals surface area contributed by atoms with Crippen molar-refractivity contribution in [1.29, 1.82) is 0 Å². The van der Waals surface area contributed by atoms with Gasteiger partial charge in [0, 0.05) is 27.9 Å². The maximum absolute atomic E-state index is 12.0. The van der Waals surface area contributed by atoms with Crippen LogP contribution in [0.1, 0.15) is 17.0 Å². The molecule has 1 heterocycles. The minimum absolute atomic E-state index is 0.0221. The van der Waals surface area contributed by atoms with Crippen molar-refractivity contribution in [2.45, 2.75) is 19.2 Å². The van der Waals surface area contributed by atoms with Crippen LogP contribution in [0.2, 0.25) is 10.0 Å². The van der Waals surface area contributed by atoms with E-state index < -0.39 is 0 Å². The largest absolute Gasteiger partial charge is 0.441 e. The maximum atomic E-state index is 12.0. The summed E-state index contributed by atoms with van der Waals surface area (Å²) in [5, 5.41) is 4.21. The van der Waals surface area contributed by atoms with Gasteiger partial charge in [-0.15, -0.1) is 11.8 Å². The third-order valence-electron chi connectivity index (χ3n) is 3.84. The Morgan fingerprint density at radius 1 is 1.15 bits per heavy atom. The summed E-state index contributed by atoms with van der Waals surface area (Å²) in [7, 11) is 0. The van der Waals surface area contributed by atoms with Gasteiger partial charge in [-0.1, -0.05) is 41.4 Å². The topological polar surface area (TPSA) is 55.1 Å². The first-order valence-corrected chi connectivity index (χ1v) is 10.2. The van der Waals surface area contributed by atoms with Crippen LogP contribution in [0.3, 0.4) is 0 Å². The van der Waals surface area contributed by atoms with Crippen molar-refractivity contribution in [2.24, 2.45) is 0 Å². The summed E-state index contributed by atoms with van der Waals surface area (Å²) in [6.45, 7) is 2.36. The number of aryl methyl sites for hydroxylation is 1. The number of hydrogen-bond acceptors (Lipinski definition) is 4. The van der Waals surface area contributed by atoms with Crippen LogP contribution in [0.4, 0.5) is 0 Å². The van der Waals surface area contributed by atoms with Gasteiger partial charge in [0.05, 0.1) is 11.4 Å². The van der Waals surface area contributed by atoms with Crippen LogP contribution in [0.5, 0.6) is 0 Å². The molecule has 1 amide bonds. The Morgan fingerprint density at radius 2 is 1.93 bits per heavy atom. The summed E-state index contributed by atoms with van der Waals surface area (Å²) in [5.41, 5.74) is 2.68. The van der Waals surface area contributed by atoms with Crippen LogP contribution in [-0.2, 0) is 17.1 Å². The van der Waals surface area contributed by atoms with Gasteiger partial charge in [-0.3, -0.25) is 4.79 Å². The molecule has 4 nitrogen and oxygen atoms in total. The molecule has 0 aliphatic rings. The van der Waals surface area contributed by atoms with E-state index in [1.54, 1.807) is 6.07 Å². The molecule has 1 aromatic heterocycles. The van der Waals surface area contributed by atoms with E-state index in [1.807, 2.05) is 49.4 Å². The molecule has 0 saturated heterocycles. The number of amides is 1. The first kappa shape index (κ1) is 19.8. The molecule has 0 fully saturated rings. The summed E-state index contributed by atoms with van der Waals surface area (Å²) < 4.78 is 5.73. The van der Waals surface area contributed by atoms with Crippen LogP contribution in [0.25, 0.3) is 11.5 Å². The second-order valence-corrected chi connectivity index (χ2v) is 7.79. The molecule has 1 N–H and O–H groups in total. The Morgan fingerprint density at radius 3 is 2.67 bits per heavy atom. The number of rotatable bonds is 7. The lowest BCUT2D eigenvalue weighted by molar-refractivity contribution is -0.118. The number of hydrogen-bond donors (Lipinski definition) is 1. The average Bonchev–Trinajstić information content (AvgIpc) is 3.02. The van der Waals surface area contributed by atoms with E-state index in [1.165, 1.54) is 11.8 Å². The predicted molar refractivity (Wildman–Crippen MR) is 111 cm³/mol. The summed E-state index contributed by atoms with van der Waals surface area (Å²) in [5.74, 6) is 2.22. The molecule has 2 aromatic carbocycles. The molecule has 0 aliphatic carbocycles. The number of aromatic nitrogens is 1. The fraction of sp³-hybridized carbons (Fsp3) is 0.200. The third kappa shape index (κ3) is 5.76. The SMILES string of the molecule is Cc1oc(-c2cccc(Cl)c2)nc1CSCC(=O)NCc1ccc(Cl)cc1. The van der Waals surface area contributed by atoms with Gasteiger partial charge in [-0.05, 0) is 42.8 Å². The number of oxazole rings is 1. The Bertz CT molecular complexity index is 926. The number of benzene rings is 2. The van der Waals surface area contributed by atoms with Gasteiger partial charge in [0.1, 0.15) is 5.76 Å². The lowest BCUT2D eigenvalue weighted by atomic mass is 10.2. The summed E-state index contributed by atoms with van der Waals surface area (Å²) >= 11 is 13.4. The predicted octanol–water partition coefficient (Wildman–Crippen LogP) is 5.51. The Balaban J connectivity index is 1.48. The molecule has 140 valence electrons. The molecule has 0 spiro atoms. The summed E-state index contributed by atoms with van der Waals surface area (Å²) in [6.07, 6.45) is 0.